The van der Waals surface area contributed by atoms with Crippen LogP contribution in [0.2, 0.25) is 0 Å². The first-order valence-electron chi connectivity index (χ1n) is 7.52. The van der Waals surface area contributed by atoms with E-state index in [9.17, 15) is 4.79 Å². The van der Waals surface area contributed by atoms with Gasteiger partial charge in [-0.25, -0.2) is 0 Å². The minimum absolute atomic E-state index is 0.132. The fourth-order valence-corrected chi connectivity index (χ4v) is 3.46. The fourth-order valence-electron chi connectivity index (χ4n) is 3.02. The molecule has 3 aromatic rings. The Morgan fingerprint density at radius 2 is 2.13 bits per heavy atom. The summed E-state index contributed by atoms with van der Waals surface area (Å²) < 4.78 is 2.79. The molecule has 7 heteroatoms. The quantitative estimate of drug-likeness (QED) is 0.763. The second kappa shape index (κ2) is 5.49. The van der Waals surface area contributed by atoms with Gasteiger partial charge >= 0.3 is 0 Å². The highest BCUT2D eigenvalue weighted by atomic mass is 79.9. The Morgan fingerprint density at radius 1 is 1.35 bits per heavy atom. The van der Waals surface area contributed by atoms with Crippen LogP contribution in [-0.4, -0.2) is 32.8 Å². The van der Waals surface area contributed by atoms with E-state index in [1.165, 1.54) is 5.56 Å². The third kappa shape index (κ3) is 2.55. The number of aryl methyl sites for hydroxylation is 1. The lowest BCUT2D eigenvalue weighted by atomic mass is 9.92. The van der Waals surface area contributed by atoms with E-state index in [1.54, 1.807) is 17.9 Å². The number of rotatable bonds is 3. The van der Waals surface area contributed by atoms with Crippen molar-refractivity contribution in [2.75, 3.05) is 18.0 Å². The van der Waals surface area contributed by atoms with Gasteiger partial charge in [-0.1, -0.05) is 34.1 Å². The molecular formula is C16H16BrN5O. The maximum atomic E-state index is 12.1. The molecule has 0 atom stereocenters. The number of aromatic nitrogens is 4. The van der Waals surface area contributed by atoms with Crippen LogP contribution in [-0.2, 0) is 13.5 Å². The lowest BCUT2D eigenvalue weighted by Crippen LogP contribution is -2.49. The van der Waals surface area contributed by atoms with Crippen molar-refractivity contribution in [3.05, 3.63) is 50.9 Å². The summed E-state index contributed by atoms with van der Waals surface area (Å²) in [4.78, 5) is 21.6. The van der Waals surface area contributed by atoms with Gasteiger partial charge in [-0.15, -0.1) is 0 Å². The molecule has 4 rings (SSSR count). The van der Waals surface area contributed by atoms with Crippen LogP contribution >= 0.6 is 15.9 Å². The van der Waals surface area contributed by atoms with Crippen LogP contribution in [0.25, 0.3) is 11.0 Å². The third-order valence-electron chi connectivity index (χ3n) is 4.31. The molecule has 0 spiro atoms. The van der Waals surface area contributed by atoms with Gasteiger partial charge in [-0.05, 0) is 24.0 Å². The Kier molecular flexibility index (Phi) is 3.45. The highest BCUT2D eigenvalue weighted by molar-refractivity contribution is 9.10. The van der Waals surface area contributed by atoms with Crippen LogP contribution in [0, 0.1) is 5.92 Å². The Morgan fingerprint density at radius 3 is 2.91 bits per heavy atom. The molecule has 3 heterocycles. The van der Waals surface area contributed by atoms with E-state index in [4.69, 9.17) is 0 Å². The minimum atomic E-state index is -0.132. The van der Waals surface area contributed by atoms with Crippen molar-refractivity contribution in [2.45, 2.75) is 6.42 Å². The van der Waals surface area contributed by atoms with E-state index >= 15 is 0 Å². The predicted molar refractivity (Wildman–Crippen MR) is 92.7 cm³/mol. The van der Waals surface area contributed by atoms with Crippen molar-refractivity contribution >= 4 is 32.9 Å². The largest absolute Gasteiger partial charge is 0.342 e. The number of aromatic amines is 1. The second-order valence-electron chi connectivity index (χ2n) is 5.96. The van der Waals surface area contributed by atoms with E-state index < -0.39 is 0 Å². The van der Waals surface area contributed by atoms with Crippen molar-refractivity contribution in [1.82, 2.24) is 19.7 Å². The van der Waals surface area contributed by atoms with Gasteiger partial charge < -0.3 is 4.90 Å². The zero-order chi connectivity index (χ0) is 16.0. The van der Waals surface area contributed by atoms with Gasteiger partial charge in [-0.3, -0.25) is 14.5 Å². The maximum absolute atomic E-state index is 12.1. The molecule has 0 amide bonds. The van der Waals surface area contributed by atoms with E-state index in [2.05, 4.69) is 54.1 Å². The molecule has 23 heavy (non-hydrogen) atoms. The Hall–Kier alpha value is -2.15. The lowest BCUT2D eigenvalue weighted by Gasteiger charge is -2.39. The molecule has 1 saturated heterocycles. The van der Waals surface area contributed by atoms with Crippen LogP contribution in [0.15, 0.2) is 39.7 Å². The zero-order valence-corrected chi connectivity index (χ0v) is 14.2. The van der Waals surface area contributed by atoms with Crippen LogP contribution < -0.4 is 10.5 Å². The molecule has 1 fully saturated rings. The first-order chi connectivity index (χ1) is 11.1. The van der Waals surface area contributed by atoms with Crippen molar-refractivity contribution in [2.24, 2.45) is 13.0 Å². The summed E-state index contributed by atoms with van der Waals surface area (Å²) in [5.41, 5.74) is 1.81. The van der Waals surface area contributed by atoms with Crippen LogP contribution in [0.5, 0.6) is 0 Å². The van der Waals surface area contributed by atoms with Gasteiger partial charge in [0.05, 0.1) is 6.20 Å². The summed E-state index contributed by atoms with van der Waals surface area (Å²) in [5, 5.41) is 4.62. The molecule has 0 unspecified atom stereocenters. The fraction of sp³-hybridized carbons (Fsp3) is 0.312. The smallest absolute Gasteiger partial charge is 0.263 e. The van der Waals surface area contributed by atoms with Crippen molar-refractivity contribution in [3.63, 3.8) is 0 Å². The van der Waals surface area contributed by atoms with Crippen LogP contribution in [0.3, 0.4) is 0 Å². The number of halogens is 1. The first-order valence-corrected chi connectivity index (χ1v) is 8.31. The molecule has 0 bridgehead atoms. The zero-order valence-electron chi connectivity index (χ0n) is 12.7. The van der Waals surface area contributed by atoms with Crippen molar-refractivity contribution in [1.29, 1.82) is 0 Å². The van der Waals surface area contributed by atoms with Gasteiger partial charge in [0.1, 0.15) is 5.39 Å². The topological polar surface area (TPSA) is 66.8 Å². The van der Waals surface area contributed by atoms with Crippen molar-refractivity contribution in [3.8, 4) is 0 Å². The number of anilines is 1. The van der Waals surface area contributed by atoms with Crippen LogP contribution in [0.1, 0.15) is 5.56 Å². The molecule has 6 nitrogen and oxygen atoms in total. The Labute approximate surface area is 141 Å². The number of nitrogens with zero attached hydrogens (tertiary/aromatic N) is 4. The molecule has 1 aliphatic rings. The Balaban J connectivity index is 1.51. The molecule has 0 aliphatic carbocycles. The van der Waals surface area contributed by atoms with E-state index in [-0.39, 0.29) is 5.56 Å². The average Bonchev–Trinajstić information content (AvgIpc) is 2.86. The minimum Gasteiger partial charge on any atom is -0.342 e. The number of benzene rings is 1. The normalized spacial score (nSPS) is 15.1. The van der Waals surface area contributed by atoms with Gasteiger partial charge in [0.15, 0.2) is 5.65 Å². The van der Waals surface area contributed by atoms with E-state index in [0.717, 1.165) is 24.0 Å². The van der Waals surface area contributed by atoms with Gasteiger partial charge in [0, 0.05) is 24.6 Å². The first kappa shape index (κ1) is 14.4. The van der Waals surface area contributed by atoms with Crippen molar-refractivity contribution < 1.29 is 0 Å². The standard InChI is InChI=1S/C16H16BrN5O/c1-21-14-12(7-18-21)15(23)20-16(19-14)22-8-10(9-22)6-11-4-2-3-5-13(11)17/h2-5,7,10H,6,8-9H2,1H3,(H,19,20,23). The Bertz CT molecular complexity index is 926. The second-order valence-corrected chi connectivity index (χ2v) is 6.82. The molecule has 1 aliphatic heterocycles. The number of hydrogen-bond donors (Lipinski definition) is 1. The molecule has 118 valence electrons. The SMILES string of the molecule is Cn1ncc2c(=O)[nH]c(N3CC(Cc4ccccc4Br)C3)nc21. The maximum Gasteiger partial charge on any atom is 0.263 e. The number of hydrogen-bond acceptors (Lipinski definition) is 4. The summed E-state index contributed by atoms with van der Waals surface area (Å²) in [5.74, 6) is 1.20. The highest BCUT2D eigenvalue weighted by Crippen LogP contribution is 2.27. The van der Waals surface area contributed by atoms with Gasteiger partial charge in [-0.2, -0.15) is 10.1 Å². The van der Waals surface area contributed by atoms with Crippen LogP contribution in [0.4, 0.5) is 5.95 Å². The number of H-pyrrole nitrogens is 1. The number of fused-ring (bicyclic) bond motifs is 1. The summed E-state index contributed by atoms with van der Waals surface area (Å²) in [6.45, 7) is 1.79. The molecule has 0 radical (unpaired) electrons. The average molecular weight is 374 g/mol. The third-order valence-corrected chi connectivity index (χ3v) is 5.09. The van der Waals surface area contributed by atoms with Gasteiger partial charge in [0.25, 0.3) is 5.56 Å². The molecule has 1 aromatic carbocycles. The van der Waals surface area contributed by atoms with E-state index in [0.29, 0.717) is 22.9 Å². The summed E-state index contributed by atoms with van der Waals surface area (Å²) in [6.07, 6.45) is 2.58. The van der Waals surface area contributed by atoms with Gasteiger partial charge in [0.2, 0.25) is 5.95 Å². The molecule has 0 saturated carbocycles. The molecular weight excluding hydrogens is 358 g/mol. The monoisotopic (exact) mass is 373 g/mol. The summed E-state index contributed by atoms with van der Waals surface area (Å²) in [7, 11) is 1.80. The van der Waals surface area contributed by atoms with E-state index in [1.807, 2.05) is 6.07 Å². The molecule has 1 N–H and O–H groups in total. The highest BCUT2D eigenvalue weighted by Gasteiger charge is 2.29. The lowest BCUT2D eigenvalue weighted by molar-refractivity contribution is 0.401. The summed E-state index contributed by atoms with van der Waals surface area (Å²) >= 11 is 3.60. The predicted octanol–water partition coefficient (Wildman–Crippen LogP) is 2.10. The molecule has 2 aromatic heterocycles. The summed E-state index contributed by atoms with van der Waals surface area (Å²) in [6, 6.07) is 8.31. The number of nitrogens with one attached hydrogen (secondary N) is 1.